The average Bonchev–Trinajstić information content (AvgIpc) is 2.99. The molecule has 3 N–H and O–H groups in total. The van der Waals surface area contributed by atoms with Gasteiger partial charge in [-0.3, -0.25) is 9.59 Å². The average molecular weight is 372 g/mol. The summed E-state index contributed by atoms with van der Waals surface area (Å²) in [5.74, 6) is 0.581. The smallest absolute Gasteiger partial charge is 0.260 e. The van der Waals surface area contributed by atoms with Crippen molar-refractivity contribution in [3.05, 3.63) is 18.2 Å². The van der Waals surface area contributed by atoms with Gasteiger partial charge in [0.1, 0.15) is 24.1 Å². The zero-order valence-corrected chi connectivity index (χ0v) is 14.7. The monoisotopic (exact) mass is 371 g/mol. The van der Waals surface area contributed by atoms with Gasteiger partial charge in [-0.05, 0) is 18.6 Å². The van der Waals surface area contributed by atoms with Gasteiger partial charge in [0, 0.05) is 26.2 Å². The van der Waals surface area contributed by atoms with Crippen LogP contribution >= 0.6 is 12.4 Å². The molecule has 0 bridgehead atoms. The first-order valence-electron chi connectivity index (χ1n) is 7.84. The highest BCUT2D eigenvalue weighted by Gasteiger charge is 2.27. The van der Waals surface area contributed by atoms with Gasteiger partial charge in [0.25, 0.3) is 5.91 Å². The van der Waals surface area contributed by atoms with E-state index in [0.717, 1.165) is 0 Å². The highest BCUT2D eigenvalue weighted by Crippen LogP contribution is 2.34. The summed E-state index contributed by atoms with van der Waals surface area (Å²) in [5.41, 5.74) is 6.30. The van der Waals surface area contributed by atoms with Crippen LogP contribution in [0.3, 0.4) is 0 Å². The second-order valence-corrected chi connectivity index (χ2v) is 6.02. The van der Waals surface area contributed by atoms with Gasteiger partial charge in [-0.15, -0.1) is 12.4 Å². The minimum Gasteiger partial charge on any atom is -0.489 e. The number of carbonyl (C=O) groups excluding carboxylic acids is 2. The van der Waals surface area contributed by atoms with Crippen molar-refractivity contribution in [3.8, 4) is 11.5 Å². The highest BCUT2D eigenvalue weighted by atomic mass is 35.5. The van der Waals surface area contributed by atoms with Crippen molar-refractivity contribution in [2.45, 2.75) is 18.6 Å². The largest absolute Gasteiger partial charge is 0.489 e. The van der Waals surface area contributed by atoms with Crippen molar-refractivity contribution < 1.29 is 24.2 Å². The maximum Gasteiger partial charge on any atom is 0.260 e. The number of nitrogens with two attached hydrogens (primary N) is 1. The fraction of sp³-hybridized carbons (Fsp3) is 0.500. The molecule has 1 saturated heterocycles. The van der Waals surface area contributed by atoms with Gasteiger partial charge in [-0.25, -0.2) is 0 Å². The molecule has 0 saturated carbocycles. The van der Waals surface area contributed by atoms with Crippen LogP contribution in [0.2, 0.25) is 0 Å². The van der Waals surface area contributed by atoms with Gasteiger partial charge in [0.05, 0.1) is 11.8 Å². The van der Waals surface area contributed by atoms with Gasteiger partial charge in [-0.1, -0.05) is 0 Å². The molecule has 0 aliphatic carbocycles. The Hall–Kier alpha value is -2.03. The molecule has 1 aromatic rings. The third-order valence-electron chi connectivity index (χ3n) is 4.24. The summed E-state index contributed by atoms with van der Waals surface area (Å²) >= 11 is 0. The molecule has 25 heavy (non-hydrogen) atoms. The Morgan fingerprint density at radius 2 is 2.24 bits per heavy atom. The van der Waals surface area contributed by atoms with E-state index in [1.807, 2.05) is 0 Å². The molecular formula is C16H22ClN3O5. The second kappa shape index (κ2) is 7.90. The highest BCUT2D eigenvalue weighted by molar-refractivity contribution is 5.98. The minimum absolute atomic E-state index is 0. The molecule has 1 unspecified atom stereocenters. The topological polar surface area (TPSA) is 105 Å². The van der Waals surface area contributed by atoms with E-state index in [1.165, 1.54) is 4.90 Å². The van der Waals surface area contributed by atoms with E-state index in [4.69, 9.17) is 15.2 Å². The number of benzene rings is 1. The lowest BCUT2D eigenvalue weighted by molar-refractivity contribution is -0.132. The number of carbonyl (C=O) groups is 2. The van der Waals surface area contributed by atoms with E-state index in [-0.39, 0.29) is 37.4 Å². The van der Waals surface area contributed by atoms with Crippen molar-refractivity contribution in [1.29, 1.82) is 0 Å². The molecule has 2 atom stereocenters. The Balaban J connectivity index is 0.00000225. The molecule has 8 nitrogen and oxygen atoms in total. The lowest BCUT2D eigenvalue weighted by Gasteiger charge is -2.19. The molecule has 2 aliphatic heterocycles. The number of likely N-dealkylation sites (N-methyl/N-ethyl adjacent to an activating group) is 1. The summed E-state index contributed by atoms with van der Waals surface area (Å²) in [6.07, 6.45) is 0.136. The zero-order chi connectivity index (χ0) is 17.3. The fourth-order valence-electron chi connectivity index (χ4n) is 2.79. The quantitative estimate of drug-likeness (QED) is 0.760. The molecule has 9 heteroatoms. The first-order valence-corrected chi connectivity index (χ1v) is 7.84. The third kappa shape index (κ3) is 4.15. The predicted octanol–water partition coefficient (Wildman–Crippen LogP) is -0.237. The van der Waals surface area contributed by atoms with Crippen LogP contribution in [0.25, 0.3) is 0 Å². The molecule has 1 fully saturated rings. The number of fused-ring (bicyclic) bond motifs is 1. The normalized spacial score (nSPS) is 22.6. The predicted molar refractivity (Wildman–Crippen MR) is 93.3 cm³/mol. The molecular weight excluding hydrogens is 350 g/mol. The molecule has 2 aliphatic rings. The van der Waals surface area contributed by atoms with Gasteiger partial charge >= 0.3 is 0 Å². The van der Waals surface area contributed by atoms with E-state index in [1.54, 1.807) is 30.1 Å². The van der Waals surface area contributed by atoms with Crippen LogP contribution in [-0.2, 0) is 9.59 Å². The number of β-amino-alcohol motifs (C(OH)–C–C–N with tert-alkyl or cyclic N) is 1. The molecule has 138 valence electrons. The summed E-state index contributed by atoms with van der Waals surface area (Å²) in [6, 6.07) is 4.31. The Morgan fingerprint density at radius 3 is 2.92 bits per heavy atom. The van der Waals surface area contributed by atoms with Gasteiger partial charge in [0.15, 0.2) is 6.61 Å². The van der Waals surface area contributed by atoms with Crippen molar-refractivity contribution in [2.24, 2.45) is 5.73 Å². The van der Waals surface area contributed by atoms with Crippen LogP contribution in [-0.4, -0.2) is 67.3 Å². The van der Waals surface area contributed by atoms with Crippen LogP contribution in [0.15, 0.2) is 18.2 Å². The summed E-state index contributed by atoms with van der Waals surface area (Å²) in [6.45, 7) is 0.877. The summed E-state index contributed by atoms with van der Waals surface area (Å²) < 4.78 is 11.1. The van der Waals surface area contributed by atoms with E-state index in [9.17, 15) is 14.7 Å². The molecule has 0 radical (unpaired) electrons. The molecule has 3 rings (SSSR count). The maximum absolute atomic E-state index is 12.1. The van der Waals surface area contributed by atoms with Gasteiger partial charge < -0.3 is 30.1 Å². The lowest BCUT2D eigenvalue weighted by atomic mass is 10.2. The Kier molecular flexibility index (Phi) is 6.10. The van der Waals surface area contributed by atoms with Crippen LogP contribution < -0.4 is 20.1 Å². The zero-order valence-electron chi connectivity index (χ0n) is 13.9. The van der Waals surface area contributed by atoms with E-state index < -0.39 is 12.1 Å². The van der Waals surface area contributed by atoms with Gasteiger partial charge in [-0.2, -0.15) is 0 Å². The number of aliphatic hydroxyl groups excluding tert-OH is 1. The fourth-order valence-corrected chi connectivity index (χ4v) is 2.79. The number of ether oxygens (including phenoxy) is 2. The summed E-state index contributed by atoms with van der Waals surface area (Å²) in [7, 11) is 1.62. The number of halogens is 1. The minimum atomic E-state index is -0.713. The van der Waals surface area contributed by atoms with Crippen molar-refractivity contribution in [3.63, 3.8) is 0 Å². The maximum atomic E-state index is 12.1. The van der Waals surface area contributed by atoms with E-state index in [0.29, 0.717) is 36.7 Å². The van der Waals surface area contributed by atoms with Crippen LogP contribution in [0, 0.1) is 0 Å². The number of nitrogens with zero attached hydrogens (tertiary/aromatic N) is 2. The standard InChI is InChI=1S/C16H21N3O5.ClH/c1-18-13-6-11(2-3-14(13)24-8-12(17)16(18)22)23-9-15(21)19-5-4-10(20)7-19;/h2-3,6,10,12,20H,4-5,7-9,17H2,1H3;1H/t10?,12-;/m0./s1. The Morgan fingerprint density at radius 1 is 1.48 bits per heavy atom. The number of amides is 2. The summed E-state index contributed by atoms with van der Waals surface area (Å²) in [5, 5.41) is 9.47. The molecule has 1 aromatic carbocycles. The summed E-state index contributed by atoms with van der Waals surface area (Å²) in [4.78, 5) is 27.1. The number of anilines is 1. The van der Waals surface area contributed by atoms with Crippen LogP contribution in [0.4, 0.5) is 5.69 Å². The van der Waals surface area contributed by atoms with E-state index in [2.05, 4.69) is 0 Å². The number of likely N-dealkylation sites (tertiary alicyclic amines) is 1. The van der Waals surface area contributed by atoms with Crippen molar-refractivity contribution in [1.82, 2.24) is 4.90 Å². The molecule has 2 heterocycles. The number of hydrogen-bond acceptors (Lipinski definition) is 6. The van der Waals surface area contributed by atoms with Crippen molar-refractivity contribution in [2.75, 3.05) is 38.3 Å². The number of aliphatic hydroxyl groups is 1. The Bertz CT molecular complexity index is 657. The third-order valence-corrected chi connectivity index (χ3v) is 4.24. The molecule has 2 amide bonds. The first-order chi connectivity index (χ1) is 11.5. The molecule has 0 aromatic heterocycles. The van der Waals surface area contributed by atoms with Crippen molar-refractivity contribution >= 4 is 29.9 Å². The first kappa shape index (κ1) is 19.3. The van der Waals surface area contributed by atoms with E-state index >= 15 is 0 Å². The lowest BCUT2D eigenvalue weighted by Crippen LogP contribution is -2.43. The van der Waals surface area contributed by atoms with Crippen LogP contribution in [0.5, 0.6) is 11.5 Å². The second-order valence-electron chi connectivity index (χ2n) is 6.02. The molecule has 0 spiro atoms. The Labute approximate surface area is 151 Å². The van der Waals surface area contributed by atoms with Crippen LogP contribution in [0.1, 0.15) is 6.42 Å². The SMILES string of the molecule is CN1C(=O)[C@@H](N)COc2ccc(OCC(=O)N3CCC(O)C3)cc21.Cl. The number of rotatable bonds is 3. The number of hydrogen-bond donors (Lipinski definition) is 2. The van der Waals surface area contributed by atoms with Gasteiger partial charge in [0.2, 0.25) is 5.91 Å².